The van der Waals surface area contributed by atoms with Crippen molar-refractivity contribution in [2.24, 2.45) is 17.3 Å². The van der Waals surface area contributed by atoms with Crippen LogP contribution in [0, 0.1) is 17.3 Å². The van der Waals surface area contributed by atoms with E-state index in [1.807, 2.05) is 0 Å². The quantitative estimate of drug-likeness (QED) is 0.482. The van der Waals surface area contributed by atoms with E-state index in [1.165, 1.54) is 30.1 Å². The van der Waals surface area contributed by atoms with Crippen molar-refractivity contribution in [1.82, 2.24) is 0 Å². The van der Waals surface area contributed by atoms with Crippen LogP contribution < -0.4 is 5.30 Å². The van der Waals surface area contributed by atoms with Crippen molar-refractivity contribution in [3.8, 4) is 0 Å². The second-order valence-electron chi connectivity index (χ2n) is 11.5. The highest BCUT2D eigenvalue weighted by atomic mass is 31.1. The van der Waals surface area contributed by atoms with E-state index in [0.717, 1.165) is 17.5 Å². The summed E-state index contributed by atoms with van der Waals surface area (Å²) in [5.74, 6) is 1.88. The molecule has 25 heavy (non-hydrogen) atoms. The molecule has 1 saturated heterocycles. The summed E-state index contributed by atoms with van der Waals surface area (Å²) < 4.78 is 0. The van der Waals surface area contributed by atoms with Crippen molar-refractivity contribution in [2.75, 3.05) is 6.16 Å². The lowest BCUT2D eigenvalue weighted by Gasteiger charge is -2.34. The van der Waals surface area contributed by atoms with Crippen LogP contribution in [-0.2, 0) is 10.8 Å². The van der Waals surface area contributed by atoms with Crippen molar-refractivity contribution in [3.05, 3.63) is 29.3 Å². The van der Waals surface area contributed by atoms with Gasteiger partial charge in [0.2, 0.25) is 0 Å². The number of rotatable bonds is 1. The third kappa shape index (κ3) is 3.58. The molecule has 0 radical (unpaired) electrons. The van der Waals surface area contributed by atoms with Gasteiger partial charge in [0.25, 0.3) is 0 Å². The van der Waals surface area contributed by atoms with Crippen molar-refractivity contribution < 1.29 is 0 Å². The molecule has 0 nitrogen and oxygen atoms in total. The van der Waals surface area contributed by atoms with Crippen LogP contribution in [0.1, 0.15) is 86.3 Å². The van der Waals surface area contributed by atoms with Gasteiger partial charge in [-0.05, 0) is 69.2 Å². The number of fused-ring (bicyclic) bond motifs is 1. The molecular formula is C24H39P. The van der Waals surface area contributed by atoms with E-state index in [1.54, 1.807) is 5.30 Å². The zero-order chi connectivity index (χ0) is 18.8. The van der Waals surface area contributed by atoms with E-state index in [0.29, 0.717) is 5.41 Å². The van der Waals surface area contributed by atoms with Crippen LogP contribution in [0.2, 0.25) is 0 Å². The summed E-state index contributed by atoms with van der Waals surface area (Å²) >= 11 is 0. The zero-order valence-corrected chi connectivity index (χ0v) is 18.9. The maximum Gasteiger partial charge on any atom is -0.00865 e. The minimum atomic E-state index is -0.0347. The van der Waals surface area contributed by atoms with Crippen molar-refractivity contribution >= 4 is 13.2 Å². The standard InChI is InChI=1S/C24H39P/c1-16-15-25(21-20(16)10-11-24(21,8)9)19-13-17(22(2,3)4)12-18(14-19)23(5,6)7/h12-14,16,20-21H,10-11,15H2,1-9H3/t16-,20+,21-,25+/m0/s1. The van der Waals surface area contributed by atoms with E-state index < -0.39 is 0 Å². The number of hydrogen-bond acceptors (Lipinski definition) is 0. The SMILES string of the molecule is C[C@H]1C[P@](c2cc(C(C)(C)C)cc(C(C)(C)C)c2)[C@H]2[C@@H]1CCC2(C)C. The Kier molecular flexibility index (Phi) is 4.73. The first kappa shape index (κ1) is 19.4. The fourth-order valence-corrected chi connectivity index (χ4v) is 9.28. The Balaban J connectivity index is 2.10. The summed E-state index contributed by atoms with van der Waals surface area (Å²) in [5.41, 5.74) is 4.97. The smallest absolute Gasteiger partial charge is 0.00865 e. The van der Waals surface area contributed by atoms with Crippen LogP contribution in [0.3, 0.4) is 0 Å². The molecule has 4 atom stereocenters. The average molecular weight is 359 g/mol. The summed E-state index contributed by atoms with van der Waals surface area (Å²) in [4.78, 5) is 0. The maximum atomic E-state index is 2.59. The van der Waals surface area contributed by atoms with Gasteiger partial charge in [0.05, 0.1) is 0 Å². The highest BCUT2D eigenvalue weighted by Crippen LogP contribution is 2.66. The van der Waals surface area contributed by atoms with E-state index in [4.69, 9.17) is 0 Å². The summed E-state index contributed by atoms with van der Waals surface area (Å²) in [5, 5.41) is 1.70. The number of hydrogen-bond donors (Lipinski definition) is 0. The van der Waals surface area contributed by atoms with E-state index in [-0.39, 0.29) is 18.8 Å². The molecule has 2 fully saturated rings. The lowest BCUT2D eigenvalue weighted by atomic mass is 9.81. The lowest BCUT2D eigenvalue weighted by molar-refractivity contribution is 0.356. The Morgan fingerprint density at radius 3 is 1.92 bits per heavy atom. The van der Waals surface area contributed by atoms with Gasteiger partial charge in [-0.15, -0.1) is 0 Å². The zero-order valence-electron chi connectivity index (χ0n) is 18.0. The molecule has 0 spiro atoms. The molecule has 1 aromatic carbocycles. The summed E-state index contributed by atoms with van der Waals surface area (Å²) in [6.45, 7) is 21.8. The van der Waals surface area contributed by atoms with Gasteiger partial charge >= 0.3 is 0 Å². The van der Waals surface area contributed by atoms with Crippen LogP contribution in [0.25, 0.3) is 0 Å². The van der Waals surface area contributed by atoms with E-state index >= 15 is 0 Å². The Morgan fingerprint density at radius 2 is 1.44 bits per heavy atom. The highest BCUT2D eigenvalue weighted by Gasteiger charge is 2.52. The summed E-state index contributed by atoms with van der Waals surface area (Å²) in [7, 11) is -0.0347. The fourth-order valence-electron chi connectivity index (χ4n) is 5.14. The van der Waals surface area contributed by atoms with E-state index in [9.17, 15) is 0 Å². The van der Waals surface area contributed by atoms with Gasteiger partial charge in [0.15, 0.2) is 0 Å². The van der Waals surface area contributed by atoms with Crippen LogP contribution in [0.4, 0.5) is 0 Å². The molecule has 0 N–H and O–H groups in total. The molecule has 140 valence electrons. The molecule has 1 aliphatic heterocycles. The molecule has 1 aromatic rings. The summed E-state index contributed by atoms with van der Waals surface area (Å²) in [6, 6.07) is 7.66. The van der Waals surface area contributed by atoms with Gasteiger partial charge in [0.1, 0.15) is 0 Å². The summed E-state index contributed by atoms with van der Waals surface area (Å²) in [6.07, 6.45) is 4.34. The highest BCUT2D eigenvalue weighted by molar-refractivity contribution is 7.66. The van der Waals surface area contributed by atoms with Gasteiger partial charge in [0, 0.05) is 0 Å². The molecule has 1 heteroatoms. The Bertz CT molecular complexity index is 609. The van der Waals surface area contributed by atoms with Gasteiger partial charge in [-0.25, -0.2) is 0 Å². The topological polar surface area (TPSA) is 0 Å². The maximum absolute atomic E-state index is 2.59. The minimum absolute atomic E-state index is 0.0347. The van der Waals surface area contributed by atoms with Crippen LogP contribution in [0.15, 0.2) is 18.2 Å². The third-order valence-corrected chi connectivity index (χ3v) is 10.5. The van der Waals surface area contributed by atoms with Gasteiger partial charge in [-0.2, -0.15) is 0 Å². The lowest BCUT2D eigenvalue weighted by Crippen LogP contribution is -2.28. The first-order valence-corrected chi connectivity index (χ1v) is 11.8. The first-order valence-electron chi connectivity index (χ1n) is 10.2. The van der Waals surface area contributed by atoms with Gasteiger partial charge < -0.3 is 0 Å². The largest absolute Gasteiger partial charge is 0.0710 e. The van der Waals surface area contributed by atoms with Gasteiger partial charge in [-0.3, -0.25) is 0 Å². The van der Waals surface area contributed by atoms with E-state index in [2.05, 4.69) is 80.5 Å². The second kappa shape index (κ2) is 6.09. The van der Waals surface area contributed by atoms with Crippen LogP contribution in [0.5, 0.6) is 0 Å². The predicted octanol–water partition coefficient (Wildman–Crippen LogP) is 6.84. The Labute approximate surface area is 157 Å². The molecule has 0 bridgehead atoms. The normalized spacial score (nSPS) is 32.0. The Hall–Kier alpha value is -0.350. The molecule has 3 rings (SSSR count). The average Bonchev–Trinajstić information content (AvgIpc) is 2.96. The number of benzene rings is 1. The molecular weight excluding hydrogens is 319 g/mol. The predicted molar refractivity (Wildman–Crippen MR) is 115 cm³/mol. The van der Waals surface area contributed by atoms with Crippen LogP contribution in [-0.4, -0.2) is 11.8 Å². The monoisotopic (exact) mass is 358 g/mol. The minimum Gasteiger partial charge on any atom is -0.0710 e. The third-order valence-electron chi connectivity index (χ3n) is 6.86. The molecule has 0 unspecified atom stereocenters. The van der Waals surface area contributed by atoms with Crippen molar-refractivity contribution in [1.29, 1.82) is 0 Å². The van der Waals surface area contributed by atoms with Gasteiger partial charge in [-0.1, -0.05) is 88.4 Å². The second-order valence-corrected chi connectivity index (χ2v) is 13.9. The van der Waals surface area contributed by atoms with Crippen LogP contribution >= 0.6 is 7.92 Å². The molecule has 1 heterocycles. The fraction of sp³-hybridized carbons (Fsp3) is 0.750. The first-order chi connectivity index (χ1) is 11.3. The molecule has 0 aromatic heterocycles. The van der Waals surface area contributed by atoms with Crippen molar-refractivity contribution in [2.45, 2.75) is 91.6 Å². The molecule has 0 amide bonds. The van der Waals surface area contributed by atoms with Crippen molar-refractivity contribution in [3.63, 3.8) is 0 Å². The molecule has 1 saturated carbocycles. The Morgan fingerprint density at radius 1 is 0.920 bits per heavy atom. The molecule has 2 aliphatic rings. The molecule has 1 aliphatic carbocycles.